The van der Waals surface area contributed by atoms with Crippen molar-refractivity contribution in [2.75, 3.05) is 13.1 Å². The van der Waals surface area contributed by atoms with Crippen LogP contribution in [0.4, 0.5) is 4.39 Å². The van der Waals surface area contributed by atoms with Crippen LogP contribution in [-0.2, 0) is 15.0 Å². The summed E-state index contributed by atoms with van der Waals surface area (Å²) >= 11 is 0. The minimum atomic E-state index is -0.789. The molecule has 1 spiro atoms. The van der Waals surface area contributed by atoms with Crippen LogP contribution >= 0.6 is 0 Å². The summed E-state index contributed by atoms with van der Waals surface area (Å²) in [6.45, 7) is 4.79. The minimum absolute atomic E-state index is 0.0227. The zero-order valence-electron chi connectivity index (χ0n) is 13.5. The van der Waals surface area contributed by atoms with E-state index in [4.69, 9.17) is 5.11 Å². The fourth-order valence-electron chi connectivity index (χ4n) is 3.80. The van der Waals surface area contributed by atoms with E-state index < -0.39 is 11.4 Å². The molecule has 2 fully saturated rings. The van der Waals surface area contributed by atoms with E-state index in [1.165, 1.54) is 12.1 Å². The number of piperidine rings is 1. The van der Waals surface area contributed by atoms with Crippen LogP contribution in [0.5, 0.6) is 0 Å². The molecule has 1 aromatic carbocycles. The molecular formula is C18H22FNO3. The van der Waals surface area contributed by atoms with Gasteiger partial charge >= 0.3 is 5.97 Å². The highest BCUT2D eigenvalue weighted by atomic mass is 19.1. The van der Waals surface area contributed by atoms with Gasteiger partial charge in [-0.15, -0.1) is 0 Å². The molecule has 0 radical (unpaired) electrons. The number of likely N-dealkylation sites (tertiary alicyclic amines) is 1. The number of rotatable bonds is 3. The highest BCUT2D eigenvalue weighted by Gasteiger charge is 2.59. The number of halogens is 1. The molecule has 1 amide bonds. The largest absolute Gasteiger partial charge is 0.481 e. The first-order valence-electron chi connectivity index (χ1n) is 8.04. The topological polar surface area (TPSA) is 57.6 Å². The molecule has 1 heterocycles. The van der Waals surface area contributed by atoms with E-state index in [0.717, 1.165) is 19.3 Å². The predicted molar refractivity (Wildman–Crippen MR) is 83.4 cm³/mol. The summed E-state index contributed by atoms with van der Waals surface area (Å²) in [6, 6.07) is 6.17. The van der Waals surface area contributed by atoms with Crippen LogP contribution in [0.2, 0.25) is 0 Å². The summed E-state index contributed by atoms with van der Waals surface area (Å²) < 4.78 is 13.5. The van der Waals surface area contributed by atoms with Crippen molar-refractivity contribution in [1.29, 1.82) is 0 Å². The van der Waals surface area contributed by atoms with Gasteiger partial charge in [0.15, 0.2) is 0 Å². The summed E-state index contributed by atoms with van der Waals surface area (Å²) in [5.41, 5.74) is -0.217. The van der Waals surface area contributed by atoms with Crippen molar-refractivity contribution in [1.82, 2.24) is 4.90 Å². The number of carbonyl (C=O) groups excluding carboxylic acids is 1. The van der Waals surface area contributed by atoms with Crippen LogP contribution in [0.1, 0.15) is 38.7 Å². The van der Waals surface area contributed by atoms with Crippen molar-refractivity contribution >= 4 is 11.9 Å². The molecular weight excluding hydrogens is 297 g/mol. The Morgan fingerprint density at radius 1 is 1.30 bits per heavy atom. The van der Waals surface area contributed by atoms with Crippen molar-refractivity contribution in [2.24, 2.45) is 11.3 Å². The predicted octanol–water partition coefficient (Wildman–Crippen LogP) is 2.82. The Labute approximate surface area is 135 Å². The molecule has 1 aliphatic carbocycles. The second-order valence-electron chi connectivity index (χ2n) is 7.38. The molecule has 124 valence electrons. The normalized spacial score (nSPS) is 22.9. The van der Waals surface area contributed by atoms with Gasteiger partial charge < -0.3 is 10.0 Å². The number of nitrogens with zero attached hydrogens (tertiary/aromatic N) is 1. The Kier molecular flexibility index (Phi) is 3.69. The molecule has 1 aliphatic heterocycles. The van der Waals surface area contributed by atoms with Crippen molar-refractivity contribution < 1.29 is 19.1 Å². The molecule has 1 aromatic rings. The van der Waals surface area contributed by atoms with Gasteiger partial charge in [0.1, 0.15) is 5.82 Å². The van der Waals surface area contributed by atoms with E-state index in [-0.39, 0.29) is 23.1 Å². The van der Waals surface area contributed by atoms with E-state index in [1.54, 1.807) is 17.0 Å². The first-order chi connectivity index (χ1) is 10.8. The lowest BCUT2D eigenvalue weighted by Gasteiger charge is -2.37. The van der Waals surface area contributed by atoms with Crippen LogP contribution in [-0.4, -0.2) is 35.0 Å². The van der Waals surface area contributed by atoms with Gasteiger partial charge in [0.05, 0.1) is 11.3 Å². The maximum absolute atomic E-state index is 13.5. The Morgan fingerprint density at radius 3 is 2.48 bits per heavy atom. The first kappa shape index (κ1) is 16.0. The molecule has 1 atom stereocenters. The molecule has 0 bridgehead atoms. The monoisotopic (exact) mass is 319 g/mol. The van der Waals surface area contributed by atoms with Gasteiger partial charge in [-0.05, 0) is 56.2 Å². The number of carboxylic acid groups (broad SMARTS) is 1. The highest BCUT2D eigenvalue weighted by Crippen LogP contribution is 2.59. The average Bonchev–Trinajstić information content (AvgIpc) is 3.21. The number of hydrogen-bond acceptors (Lipinski definition) is 2. The number of hydrogen-bond donors (Lipinski definition) is 1. The third kappa shape index (κ3) is 2.73. The maximum atomic E-state index is 13.5. The molecule has 4 nitrogen and oxygen atoms in total. The molecule has 5 heteroatoms. The van der Waals surface area contributed by atoms with E-state index in [1.807, 2.05) is 13.8 Å². The molecule has 23 heavy (non-hydrogen) atoms. The number of carbonyl (C=O) groups is 2. The van der Waals surface area contributed by atoms with Crippen LogP contribution < -0.4 is 0 Å². The Hall–Kier alpha value is -1.91. The maximum Gasteiger partial charge on any atom is 0.307 e. The van der Waals surface area contributed by atoms with E-state index in [0.29, 0.717) is 18.7 Å². The fourth-order valence-corrected chi connectivity index (χ4v) is 3.80. The number of amides is 1. The summed E-state index contributed by atoms with van der Waals surface area (Å²) in [5, 5.41) is 9.13. The Balaban J connectivity index is 1.69. The van der Waals surface area contributed by atoms with Crippen molar-refractivity contribution in [3.8, 4) is 0 Å². The molecule has 1 saturated heterocycles. The second kappa shape index (κ2) is 5.32. The zero-order chi connectivity index (χ0) is 16.8. The van der Waals surface area contributed by atoms with E-state index >= 15 is 0 Å². The number of benzene rings is 1. The van der Waals surface area contributed by atoms with Crippen LogP contribution in [0.3, 0.4) is 0 Å². The van der Waals surface area contributed by atoms with Crippen molar-refractivity contribution in [3.05, 3.63) is 35.6 Å². The second-order valence-corrected chi connectivity index (χ2v) is 7.38. The van der Waals surface area contributed by atoms with Crippen LogP contribution in [0.25, 0.3) is 0 Å². The van der Waals surface area contributed by atoms with Crippen molar-refractivity contribution in [2.45, 2.75) is 38.5 Å². The van der Waals surface area contributed by atoms with Gasteiger partial charge in [0.25, 0.3) is 0 Å². The lowest BCUT2D eigenvalue weighted by atomic mass is 9.81. The quantitative estimate of drug-likeness (QED) is 0.932. The average molecular weight is 319 g/mol. The van der Waals surface area contributed by atoms with Crippen LogP contribution in [0.15, 0.2) is 24.3 Å². The van der Waals surface area contributed by atoms with Gasteiger partial charge in [0, 0.05) is 13.1 Å². The van der Waals surface area contributed by atoms with Crippen LogP contribution in [0, 0.1) is 17.2 Å². The minimum Gasteiger partial charge on any atom is -0.481 e. The summed E-state index contributed by atoms with van der Waals surface area (Å²) in [4.78, 5) is 25.8. The molecule has 0 aromatic heterocycles. The van der Waals surface area contributed by atoms with Crippen molar-refractivity contribution in [3.63, 3.8) is 0 Å². The SMILES string of the molecule is CC(C)(C(=O)N1CCC2(CC1)CC2C(=O)O)c1cccc(F)c1. The van der Waals surface area contributed by atoms with E-state index in [9.17, 15) is 14.0 Å². The molecule has 1 N–H and O–H groups in total. The number of carboxylic acids is 1. The molecule has 2 aliphatic rings. The lowest BCUT2D eigenvalue weighted by molar-refractivity contribution is -0.140. The van der Waals surface area contributed by atoms with Gasteiger partial charge in [-0.2, -0.15) is 0 Å². The van der Waals surface area contributed by atoms with Gasteiger partial charge in [-0.1, -0.05) is 12.1 Å². The van der Waals surface area contributed by atoms with Gasteiger partial charge in [0.2, 0.25) is 5.91 Å². The third-order valence-corrected chi connectivity index (χ3v) is 5.62. The summed E-state index contributed by atoms with van der Waals surface area (Å²) in [5.74, 6) is -1.32. The smallest absolute Gasteiger partial charge is 0.307 e. The van der Waals surface area contributed by atoms with Gasteiger partial charge in [-0.25, -0.2) is 4.39 Å². The lowest BCUT2D eigenvalue weighted by Crippen LogP contribution is -2.47. The molecule has 1 saturated carbocycles. The standard InChI is InChI=1S/C18H22FNO3/c1-17(2,12-4-3-5-13(19)10-12)16(23)20-8-6-18(7-9-20)11-14(18)15(21)22/h3-5,10,14H,6-9,11H2,1-2H3,(H,21,22). The van der Waals surface area contributed by atoms with Gasteiger partial charge in [-0.3, -0.25) is 9.59 Å². The number of aliphatic carboxylic acids is 1. The third-order valence-electron chi connectivity index (χ3n) is 5.62. The summed E-state index contributed by atoms with van der Waals surface area (Å²) in [7, 11) is 0. The Morgan fingerprint density at radius 2 is 1.96 bits per heavy atom. The molecule has 1 unspecified atom stereocenters. The van der Waals surface area contributed by atoms with E-state index in [2.05, 4.69) is 0 Å². The first-order valence-corrected chi connectivity index (χ1v) is 8.04. The fraction of sp³-hybridized carbons (Fsp3) is 0.556. The summed E-state index contributed by atoms with van der Waals surface area (Å²) in [6.07, 6.45) is 2.22. The highest BCUT2D eigenvalue weighted by molar-refractivity contribution is 5.87. The zero-order valence-corrected chi connectivity index (χ0v) is 13.5. The molecule has 3 rings (SSSR count). The Bertz CT molecular complexity index is 647.